The fraction of sp³-hybridized carbons (Fsp3) is 0.625. The number of benzene rings is 1. The molecule has 1 unspecified atom stereocenters. The van der Waals surface area contributed by atoms with Gasteiger partial charge in [-0.15, -0.1) is 0 Å². The molecule has 0 aromatic heterocycles. The second kappa shape index (κ2) is 7.28. The summed E-state index contributed by atoms with van der Waals surface area (Å²) in [4.78, 5) is 2.53. The highest BCUT2D eigenvalue weighted by molar-refractivity contribution is 6.30. The zero-order chi connectivity index (χ0) is 13.7. The van der Waals surface area contributed by atoms with Crippen molar-refractivity contribution < 1.29 is 0 Å². The molecule has 1 aliphatic heterocycles. The molecule has 1 aromatic carbocycles. The lowest BCUT2D eigenvalue weighted by atomic mass is 9.91. The van der Waals surface area contributed by atoms with Gasteiger partial charge in [0.25, 0.3) is 0 Å². The fourth-order valence-electron chi connectivity index (χ4n) is 3.17. The van der Waals surface area contributed by atoms with Crippen molar-refractivity contribution in [1.82, 2.24) is 4.90 Å². The molecule has 2 nitrogen and oxygen atoms in total. The third-order valence-electron chi connectivity index (χ3n) is 4.24. The standard InChI is InChI=1S/C16H25ClN2/c1-2-4-13-7-9-19(10-8-13)16(12-18)14-5-3-6-15(17)11-14/h3,5-6,11,13,16H,2,4,7-10,12,18H2,1H3. The Morgan fingerprint density at radius 1 is 1.37 bits per heavy atom. The quantitative estimate of drug-likeness (QED) is 0.888. The van der Waals surface area contributed by atoms with Crippen LogP contribution in [0.5, 0.6) is 0 Å². The van der Waals surface area contributed by atoms with Crippen LogP contribution in [0.1, 0.15) is 44.2 Å². The topological polar surface area (TPSA) is 29.3 Å². The maximum atomic E-state index is 6.09. The predicted molar refractivity (Wildman–Crippen MR) is 82.5 cm³/mol. The lowest BCUT2D eigenvalue weighted by Crippen LogP contribution is -2.39. The normalized spacial score (nSPS) is 19.5. The van der Waals surface area contributed by atoms with Crippen LogP contribution >= 0.6 is 11.6 Å². The minimum absolute atomic E-state index is 0.321. The molecule has 3 heteroatoms. The van der Waals surface area contributed by atoms with Gasteiger partial charge in [-0.1, -0.05) is 43.5 Å². The van der Waals surface area contributed by atoms with E-state index in [1.165, 1.54) is 44.3 Å². The van der Waals surface area contributed by atoms with Crippen LogP contribution in [-0.2, 0) is 0 Å². The molecule has 0 radical (unpaired) electrons. The Labute approximate surface area is 121 Å². The number of likely N-dealkylation sites (tertiary alicyclic amines) is 1. The Morgan fingerprint density at radius 3 is 2.68 bits per heavy atom. The Bertz CT molecular complexity index is 386. The van der Waals surface area contributed by atoms with Crippen molar-refractivity contribution in [3.05, 3.63) is 34.9 Å². The van der Waals surface area contributed by atoms with Crippen LogP contribution < -0.4 is 5.73 Å². The van der Waals surface area contributed by atoms with E-state index in [1.54, 1.807) is 0 Å². The highest BCUT2D eigenvalue weighted by Crippen LogP contribution is 2.29. The molecule has 0 saturated carbocycles. The van der Waals surface area contributed by atoms with Crippen molar-refractivity contribution in [3.63, 3.8) is 0 Å². The SMILES string of the molecule is CCCC1CCN(C(CN)c2cccc(Cl)c2)CC1. The van der Waals surface area contributed by atoms with E-state index in [4.69, 9.17) is 17.3 Å². The molecule has 0 amide bonds. The van der Waals surface area contributed by atoms with Gasteiger partial charge in [-0.25, -0.2) is 0 Å². The van der Waals surface area contributed by atoms with Crippen LogP contribution in [0.15, 0.2) is 24.3 Å². The van der Waals surface area contributed by atoms with Gasteiger partial charge in [0.05, 0.1) is 0 Å². The van der Waals surface area contributed by atoms with Gasteiger partial charge >= 0.3 is 0 Å². The minimum atomic E-state index is 0.321. The summed E-state index contributed by atoms with van der Waals surface area (Å²) < 4.78 is 0. The first-order valence-corrected chi connectivity index (χ1v) is 7.82. The van der Waals surface area contributed by atoms with Gasteiger partial charge in [0.2, 0.25) is 0 Å². The molecule has 2 rings (SSSR count). The van der Waals surface area contributed by atoms with E-state index in [9.17, 15) is 0 Å². The van der Waals surface area contributed by atoms with E-state index in [2.05, 4.69) is 24.0 Å². The molecule has 106 valence electrons. The lowest BCUT2D eigenvalue weighted by Gasteiger charge is -2.37. The van der Waals surface area contributed by atoms with Crippen LogP contribution in [-0.4, -0.2) is 24.5 Å². The van der Waals surface area contributed by atoms with E-state index < -0.39 is 0 Å². The highest BCUT2D eigenvalue weighted by Gasteiger charge is 2.24. The summed E-state index contributed by atoms with van der Waals surface area (Å²) in [5.74, 6) is 0.916. The first kappa shape index (κ1) is 14.8. The molecular weight excluding hydrogens is 256 g/mol. The molecule has 1 aliphatic rings. The van der Waals surface area contributed by atoms with Crippen LogP contribution in [0.3, 0.4) is 0 Å². The number of nitrogens with two attached hydrogens (primary N) is 1. The average molecular weight is 281 g/mol. The molecule has 1 saturated heterocycles. The van der Waals surface area contributed by atoms with E-state index in [-0.39, 0.29) is 0 Å². The molecule has 0 aliphatic carbocycles. The smallest absolute Gasteiger partial charge is 0.0470 e. The highest BCUT2D eigenvalue weighted by atomic mass is 35.5. The molecule has 1 aromatic rings. The van der Waals surface area contributed by atoms with Crippen LogP contribution in [0, 0.1) is 5.92 Å². The Balaban J connectivity index is 1.99. The van der Waals surface area contributed by atoms with Crippen molar-refractivity contribution in [2.45, 2.75) is 38.6 Å². The molecule has 1 heterocycles. The summed E-state index contributed by atoms with van der Waals surface area (Å²) >= 11 is 6.09. The van der Waals surface area contributed by atoms with Crippen LogP contribution in [0.25, 0.3) is 0 Å². The summed E-state index contributed by atoms with van der Waals surface area (Å²) in [7, 11) is 0. The fourth-order valence-corrected chi connectivity index (χ4v) is 3.37. The van der Waals surface area contributed by atoms with Gasteiger partial charge in [0, 0.05) is 17.6 Å². The van der Waals surface area contributed by atoms with Crippen molar-refractivity contribution in [2.24, 2.45) is 11.7 Å². The predicted octanol–water partition coefficient (Wildman–Crippen LogP) is 3.85. The van der Waals surface area contributed by atoms with Crippen molar-refractivity contribution in [2.75, 3.05) is 19.6 Å². The number of hydrogen-bond acceptors (Lipinski definition) is 2. The average Bonchev–Trinajstić information content (AvgIpc) is 2.42. The first-order valence-electron chi connectivity index (χ1n) is 7.44. The van der Waals surface area contributed by atoms with Crippen molar-refractivity contribution >= 4 is 11.6 Å². The Hall–Kier alpha value is -0.570. The largest absolute Gasteiger partial charge is 0.329 e. The third kappa shape index (κ3) is 3.95. The summed E-state index contributed by atoms with van der Waals surface area (Å²) in [6.45, 7) is 5.28. The minimum Gasteiger partial charge on any atom is -0.329 e. The van der Waals surface area contributed by atoms with Gasteiger partial charge in [0.1, 0.15) is 0 Å². The number of rotatable bonds is 5. The van der Waals surface area contributed by atoms with Gasteiger partial charge < -0.3 is 5.73 Å². The first-order chi connectivity index (χ1) is 9.24. The number of halogens is 1. The summed E-state index contributed by atoms with van der Waals surface area (Å²) in [6, 6.07) is 8.45. The van der Waals surface area contributed by atoms with Gasteiger partial charge in [-0.2, -0.15) is 0 Å². The Morgan fingerprint density at radius 2 is 2.11 bits per heavy atom. The van der Waals surface area contributed by atoms with E-state index in [1.807, 2.05) is 12.1 Å². The summed E-state index contributed by atoms with van der Waals surface area (Å²) in [5, 5.41) is 0.803. The van der Waals surface area contributed by atoms with E-state index in [0.29, 0.717) is 12.6 Å². The number of hydrogen-bond donors (Lipinski definition) is 1. The molecule has 0 bridgehead atoms. The third-order valence-corrected chi connectivity index (χ3v) is 4.48. The van der Waals surface area contributed by atoms with Crippen LogP contribution in [0.2, 0.25) is 5.02 Å². The summed E-state index contributed by atoms with van der Waals surface area (Å²) in [5.41, 5.74) is 7.25. The van der Waals surface area contributed by atoms with E-state index in [0.717, 1.165) is 10.9 Å². The molecule has 1 atom stereocenters. The zero-order valence-corrected chi connectivity index (χ0v) is 12.6. The van der Waals surface area contributed by atoms with Crippen molar-refractivity contribution in [3.8, 4) is 0 Å². The second-order valence-electron chi connectivity index (χ2n) is 5.57. The molecule has 0 spiro atoms. The van der Waals surface area contributed by atoms with Gasteiger partial charge in [-0.3, -0.25) is 4.90 Å². The summed E-state index contributed by atoms with van der Waals surface area (Å²) in [6.07, 6.45) is 5.30. The molecular formula is C16H25ClN2. The van der Waals surface area contributed by atoms with Gasteiger partial charge in [0.15, 0.2) is 0 Å². The molecule has 1 fully saturated rings. The molecule has 2 N–H and O–H groups in total. The zero-order valence-electron chi connectivity index (χ0n) is 11.8. The molecule has 19 heavy (non-hydrogen) atoms. The van der Waals surface area contributed by atoms with Crippen molar-refractivity contribution in [1.29, 1.82) is 0 Å². The second-order valence-corrected chi connectivity index (χ2v) is 6.01. The monoisotopic (exact) mass is 280 g/mol. The Kier molecular flexibility index (Phi) is 5.68. The maximum absolute atomic E-state index is 6.09. The maximum Gasteiger partial charge on any atom is 0.0470 e. The van der Waals surface area contributed by atoms with Gasteiger partial charge in [-0.05, 0) is 49.5 Å². The van der Waals surface area contributed by atoms with Crippen LogP contribution in [0.4, 0.5) is 0 Å². The number of piperidine rings is 1. The number of nitrogens with zero attached hydrogens (tertiary/aromatic N) is 1. The lowest BCUT2D eigenvalue weighted by molar-refractivity contribution is 0.132. The van der Waals surface area contributed by atoms with E-state index >= 15 is 0 Å².